The van der Waals surface area contributed by atoms with Gasteiger partial charge in [0.15, 0.2) is 0 Å². The first-order chi connectivity index (χ1) is 9.92. The summed E-state index contributed by atoms with van der Waals surface area (Å²) >= 11 is 0. The molecule has 0 aliphatic heterocycles. The summed E-state index contributed by atoms with van der Waals surface area (Å²) in [7, 11) is 0. The molecule has 0 aliphatic rings. The molecule has 0 amide bonds. The number of anilines is 2. The molecule has 0 saturated carbocycles. The van der Waals surface area contributed by atoms with Crippen molar-refractivity contribution in [3.63, 3.8) is 0 Å². The Morgan fingerprint density at radius 1 is 1.24 bits per heavy atom. The van der Waals surface area contributed by atoms with Crippen molar-refractivity contribution in [1.82, 2.24) is 9.97 Å². The molecule has 1 aromatic rings. The number of halogens is 3. The van der Waals surface area contributed by atoms with E-state index in [1.54, 1.807) is 11.8 Å². The van der Waals surface area contributed by atoms with Crippen LogP contribution in [0.2, 0.25) is 0 Å². The van der Waals surface area contributed by atoms with E-state index in [-0.39, 0.29) is 24.8 Å². The minimum Gasteiger partial charge on any atom is -0.395 e. The smallest absolute Gasteiger partial charge is 0.395 e. The van der Waals surface area contributed by atoms with Gasteiger partial charge in [-0.1, -0.05) is 13.3 Å². The van der Waals surface area contributed by atoms with E-state index < -0.39 is 12.0 Å². The molecule has 0 aromatic carbocycles. The monoisotopic (exact) mass is 306 g/mol. The van der Waals surface area contributed by atoms with Gasteiger partial charge in [0.1, 0.15) is 11.6 Å². The summed E-state index contributed by atoms with van der Waals surface area (Å²) in [6.45, 7) is 4.85. The second kappa shape index (κ2) is 8.02. The van der Waals surface area contributed by atoms with E-state index in [4.69, 9.17) is 5.11 Å². The highest BCUT2D eigenvalue weighted by molar-refractivity contribution is 5.49. The van der Waals surface area contributed by atoms with Gasteiger partial charge in [0, 0.05) is 25.7 Å². The van der Waals surface area contributed by atoms with Crippen molar-refractivity contribution < 1.29 is 18.3 Å². The van der Waals surface area contributed by atoms with Gasteiger partial charge in [-0.3, -0.25) is 0 Å². The summed E-state index contributed by atoms with van der Waals surface area (Å²) in [5, 5.41) is 11.8. The van der Waals surface area contributed by atoms with Gasteiger partial charge in [0.25, 0.3) is 0 Å². The van der Waals surface area contributed by atoms with E-state index in [2.05, 4.69) is 15.3 Å². The number of alkyl halides is 3. The highest BCUT2D eigenvalue weighted by atomic mass is 19.4. The van der Waals surface area contributed by atoms with Crippen LogP contribution < -0.4 is 10.2 Å². The van der Waals surface area contributed by atoms with E-state index in [0.29, 0.717) is 13.1 Å². The van der Waals surface area contributed by atoms with E-state index in [0.717, 1.165) is 12.8 Å². The molecule has 0 bridgehead atoms. The third-order valence-corrected chi connectivity index (χ3v) is 2.80. The zero-order valence-corrected chi connectivity index (χ0v) is 12.2. The van der Waals surface area contributed by atoms with Crippen LogP contribution in [0, 0.1) is 0 Å². The average Bonchev–Trinajstić information content (AvgIpc) is 2.42. The third-order valence-electron chi connectivity index (χ3n) is 2.80. The van der Waals surface area contributed by atoms with Gasteiger partial charge >= 0.3 is 6.18 Å². The lowest BCUT2D eigenvalue weighted by Gasteiger charge is -2.24. The van der Waals surface area contributed by atoms with Gasteiger partial charge in [-0.05, 0) is 13.3 Å². The molecule has 1 heterocycles. The van der Waals surface area contributed by atoms with Crippen molar-refractivity contribution in [3.05, 3.63) is 11.9 Å². The summed E-state index contributed by atoms with van der Waals surface area (Å²) in [4.78, 5) is 8.72. The SMILES string of the molecule is CCCCN(CCO)c1cc(NCC)nc(C(F)(F)F)n1. The van der Waals surface area contributed by atoms with Gasteiger partial charge in [0.2, 0.25) is 5.82 Å². The number of unbranched alkanes of at least 4 members (excludes halogenated alkanes) is 1. The molecule has 1 rings (SSSR count). The first-order valence-corrected chi connectivity index (χ1v) is 6.98. The number of hydrogen-bond acceptors (Lipinski definition) is 5. The van der Waals surface area contributed by atoms with Gasteiger partial charge in [0.05, 0.1) is 6.61 Å². The largest absolute Gasteiger partial charge is 0.451 e. The molecule has 21 heavy (non-hydrogen) atoms. The Morgan fingerprint density at radius 3 is 2.48 bits per heavy atom. The zero-order chi connectivity index (χ0) is 15.9. The van der Waals surface area contributed by atoms with Crippen LogP contribution in [-0.4, -0.2) is 41.3 Å². The number of aliphatic hydroxyl groups is 1. The maximum absolute atomic E-state index is 12.9. The fourth-order valence-corrected chi connectivity index (χ4v) is 1.81. The molecule has 5 nitrogen and oxygen atoms in total. The van der Waals surface area contributed by atoms with E-state index in [1.807, 2.05) is 6.92 Å². The second-order valence-corrected chi connectivity index (χ2v) is 4.53. The van der Waals surface area contributed by atoms with Crippen LogP contribution in [0.4, 0.5) is 24.8 Å². The van der Waals surface area contributed by atoms with Gasteiger partial charge in [-0.2, -0.15) is 13.2 Å². The third kappa shape index (κ3) is 5.37. The Morgan fingerprint density at radius 2 is 1.95 bits per heavy atom. The minimum absolute atomic E-state index is 0.134. The van der Waals surface area contributed by atoms with E-state index in [1.165, 1.54) is 6.07 Å². The first-order valence-electron chi connectivity index (χ1n) is 6.98. The molecule has 120 valence electrons. The Kier molecular flexibility index (Phi) is 6.67. The standard InChI is InChI=1S/C13H21F3N4O/c1-3-5-6-20(7-8-21)11-9-10(17-4-2)18-12(19-11)13(14,15)16/h9,21H,3-8H2,1-2H3,(H,17,18,19). The molecule has 8 heteroatoms. The second-order valence-electron chi connectivity index (χ2n) is 4.53. The lowest BCUT2D eigenvalue weighted by molar-refractivity contribution is -0.144. The normalized spacial score (nSPS) is 11.5. The molecule has 1 aromatic heterocycles. The Labute approximate surface area is 122 Å². The van der Waals surface area contributed by atoms with Crippen LogP contribution in [0.15, 0.2) is 6.07 Å². The molecule has 0 spiro atoms. The van der Waals surface area contributed by atoms with Crippen molar-refractivity contribution in [3.8, 4) is 0 Å². The van der Waals surface area contributed by atoms with Crippen molar-refractivity contribution in [2.75, 3.05) is 36.5 Å². The molecule has 0 aliphatic carbocycles. The maximum atomic E-state index is 12.9. The zero-order valence-electron chi connectivity index (χ0n) is 12.2. The molecular weight excluding hydrogens is 285 g/mol. The molecule has 2 N–H and O–H groups in total. The molecule has 0 fully saturated rings. The number of rotatable bonds is 8. The summed E-state index contributed by atoms with van der Waals surface area (Å²) in [6, 6.07) is 1.48. The van der Waals surface area contributed by atoms with Crippen molar-refractivity contribution >= 4 is 11.6 Å². The van der Waals surface area contributed by atoms with Crippen LogP contribution in [0.1, 0.15) is 32.5 Å². The molecule has 0 atom stereocenters. The van der Waals surface area contributed by atoms with Crippen LogP contribution in [0.25, 0.3) is 0 Å². The highest BCUT2D eigenvalue weighted by Crippen LogP contribution is 2.29. The number of nitrogens with one attached hydrogen (secondary N) is 1. The summed E-state index contributed by atoms with van der Waals surface area (Å²) < 4.78 is 38.6. The van der Waals surface area contributed by atoms with Crippen LogP contribution in [0.5, 0.6) is 0 Å². The van der Waals surface area contributed by atoms with Crippen molar-refractivity contribution in [2.45, 2.75) is 32.9 Å². The van der Waals surface area contributed by atoms with Crippen LogP contribution in [-0.2, 0) is 6.18 Å². The Bertz CT molecular complexity index is 440. The number of aliphatic hydroxyl groups excluding tert-OH is 1. The minimum atomic E-state index is -4.60. The average molecular weight is 306 g/mol. The summed E-state index contributed by atoms with van der Waals surface area (Å²) in [5.41, 5.74) is 0. The van der Waals surface area contributed by atoms with Gasteiger partial charge < -0.3 is 15.3 Å². The lowest BCUT2D eigenvalue weighted by Crippen LogP contribution is -2.29. The Balaban J connectivity index is 3.14. The fraction of sp³-hybridized carbons (Fsp3) is 0.692. The maximum Gasteiger partial charge on any atom is 0.451 e. The number of nitrogens with zero attached hydrogens (tertiary/aromatic N) is 3. The predicted octanol–water partition coefficient (Wildman–Crippen LogP) is 2.53. The number of aromatic nitrogens is 2. The van der Waals surface area contributed by atoms with Crippen molar-refractivity contribution in [1.29, 1.82) is 0 Å². The molecular formula is C13H21F3N4O. The topological polar surface area (TPSA) is 61.3 Å². The molecule has 0 radical (unpaired) electrons. The quantitative estimate of drug-likeness (QED) is 0.773. The Hall–Kier alpha value is -1.57. The fourth-order valence-electron chi connectivity index (χ4n) is 1.81. The van der Waals surface area contributed by atoms with Crippen molar-refractivity contribution in [2.24, 2.45) is 0 Å². The van der Waals surface area contributed by atoms with E-state index in [9.17, 15) is 13.2 Å². The lowest BCUT2D eigenvalue weighted by atomic mass is 10.3. The van der Waals surface area contributed by atoms with E-state index >= 15 is 0 Å². The first kappa shape index (κ1) is 17.5. The summed E-state index contributed by atoms with van der Waals surface area (Å²) in [6.07, 6.45) is -2.89. The predicted molar refractivity (Wildman–Crippen MR) is 75.4 cm³/mol. The molecule has 0 unspecified atom stereocenters. The van der Waals surface area contributed by atoms with Gasteiger partial charge in [-0.25, -0.2) is 9.97 Å². The van der Waals surface area contributed by atoms with Crippen LogP contribution >= 0.6 is 0 Å². The van der Waals surface area contributed by atoms with Gasteiger partial charge in [-0.15, -0.1) is 0 Å². The number of hydrogen-bond donors (Lipinski definition) is 2. The summed E-state index contributed by atoms with van der Waals surface area (Å²) in [5.74, 6) is -0.861. The van der Waals surface area contributed by atoms with Crippen LogP contribution in [0.3, 0.4) is 0 Å². The highest BCUT2D eigenvalue weighted by Gasteiger charge is 2.35. The molecule has 0 saturated heterocycles.